The van der Waals surface area contributed by atoms with Crippen molar-refractivity contribution in [3.8, 4) is 5.75 Å². The molecule has 0 aromatic heterocycles. The SMILES string of the molecule is COc1ccc(N(C(=O)CC(C)C)C2CCN(Cc3ccccc3C(F)(F)F)CC2)cc1. The molecule has 0 bridgehead atoms. The van der Waals surface area contributed by atoms with Crippen LogP contribution in [0.15, 0.2) is 48.5 Å². The van der Waals surface area contributed by atoms with Crippen LogP contribution in [0.2, 0.25) is 0 Å². The number of alkyl halides is 3. The molecule has 0 spiro atoms. The molecule has 4 nitrogen and oxygen atoms in total. The monoisotopic (exact) mass is 448 g/mol. The highest BCUT2D eigenvalue weighted by atomic mass is 19.4. The van der Waals surface area contributed by atoms with Crippen LogP contribution in [0, 0.1) is 5.92 Å². The fourth-order valence-electron chi connectivity index (χ4n) is 4.26. The van der Waals surface area contributed by atoms with E-state index in [0.717, 1.165) is 17.5 Å². The van der Waals surface area contributed by atoms with Crippen molar-refractivity contribution in [1.82, 2.24) is 4.90 Å². The van der Waals surface area contributed by atoms with Gasteiger partial charge in [0, 0.05) is 37.8 Å². The summed E-state index contributed by atoms with van der Waals surface area (Å²) in [4.78, 5) is 17.0. The fourth-order valence-corrected chi connectivity index (χ4v) is 4.26. The zero-order valence-corrected chi connectivity index (χ0v) is 18.9. The van der Waals surface area contributed by atoms with Crippen molar-refractivity contribution in [2.45, 2.75) is 51.9 Å². The van der Waals surface area contributed by atoms with Crippen LogP contribution in [0.5, 0.6) is 5.75 Å². The molecule has 1 aliphatic heterocycles. The molecule has 0 atom stereocenters. The summed E-state index contributed by atoms with van der Waals surface area (Å²) in [6, 6.07) is 13.2. The summed E-state index contributed by atoms with van der Waals surface area (Å²) < 4.78 is 45.2. The number of carbonyl (C=O) groups excluding carboxylic acids is 1. The van der Waals surface area contributed by atoms with Crippen molar-refractivity contribution in [2.75, 3.05) is 25.1 Å². The number of hydrogen-bond acceptors (Lipinski definition) is 3. The number of benzene rings is 2. The van der Waals surface area contributed by atoms with Crippen LogP contribution in [0.4, 0.5) is 18.9 Å². The highest BCUT2D eigenvalue weighted by molar-refractivity contribution is 5.94. The summed E-state index contributed by atoms with van der Waals surface area (Å²) in [5.41, 5.74) is 0.549. The maximum absolute atomic E-state index is 13.3. The molecule has 1 heterocycles. The molecule has 0 unspecified atom stereocenters. The molecule has 1 fully saturated rings. The summed E-state index contributed by atoms with van der Waals surface area (Å²) in [5, 5.41) is 0. The Hall–Kier alpha value is -2.54. The summed E-state index contributed by atoms with van der Waals surface area (Å²) in [7, 11) is 1.60. The first-order valence-corrected chi connectivity index (χ1v) is 11.0. The Kier molecular flexibility index (Phi) is 7.82. The highest BCUT2D eigenvalue weighted by Gasteiger charge is 2.34. The van der Waals surface area contributed by atoms with Gasteiger partial charge in [-0.2, -0.15) is 13.2 Å². The van der Waals surface area contributed by atoms with Crippen LogP contribution in [0.3, 0.4) is 0 Å². The van der Waals surface area contributed by atoms with Gasteiger partial charge >= 0.3 is 6.18 Å². The molecule has 1 aliphatic rings. The van der Waals surface area contributed by atoms with E-state index in [1.807, 2.05) is 47.9 Å². The Morgan fingerprint density at radius 1 is 1.09 bits per heavy atom. The van der Waals surface area contributed by atoms with E-state index in [4.69, 9.17) is 4.74 Å². The van der Waals surface area contributed by atoms with Crippen molar-refractivity contribution in [2.24, 2.45) is 5.92 Å². The lowest BCUT2D eigenvalue weighted by atomic mass is 9.99. The van der Waals surface area contributed by atoms with Crippen molar-refractivity contribution in [1.29, 1.82) is 0 Å². The zero-order chi connectivity index (χ0) is 23.3. The Morgan fingerprint density at radius 3 is 2.28 bits per heavy atom. The lowest BCUT2D eigenvalue weighted by Crippen LogP contribution is -2.47. The molecule has 2 aromatic rings. The summed E-state index contributed by atoms with van der Waals surface area (Å²) in [6.07, 6.45) is -2.48. The largest absolute Gasteiger partial charge is 0.497 e. The predicted molar refractivity (Wildman–Crippen MR) is 120 cm³/mol. The molecule has 0 aliphatic carbocycles. The van der Waals surface area contributed by atoms with Gasteiger partial charge in [0.2, 0.25) is 5.91 Å². The summed E-state index contributed by atoms with van der Waals surface area (Å²) in [5.74, 6) is 1.04. The standard InChI is InChI=1S/C25H31F3N2O2/c1-18(2)16-24(31)30(20-8-10-22(32-3)11-9-20)21-12-14-29(15-13-21)17-19-6-4-5-7-23(19)25(26,27)28/h4-11,18,21H,12-17H2,1-3H3. The first-order chi connectivity index (χ1) is 15.2. The van der Waals surface area contributed by atoms with Gasteiger partial charge in [0.25, 0.3) is 0 Å². The van der Waals surface area contributed by atoms with E-state index in [1.54, 1.807) is 19.2 Å². The van der Waals surface area contributed by atoms with Gasteiger partial charge < -0.3 is 9.64 Å². The lowest BCUT2D eigenvalue weighted by Gasteiger charge is -2.39. The van der Waals surface area contributed by atoms with Crippen LogP contribution < -0.4 is 9.64 Å². The zero-order valence-electron chi connectivity index (χ0n) is 18.9. The number of piperidine rings is 1. The minimum atomic E-state index is -4.36. The van der Waals surface area contributed by atoms with Gasteiger partial charge in [-0.1, -0.05) is 32.0 Å². The molecule has 0 N–H and O–H groups in total. The third-order valence-electron chi connectivity index (χ3n) is 5.84. The van der Waals surface area contributed by atoms with E-state index >= 15 is 0 Å². The molecule has 0 saturated carbocycles. The molecule has 174 valence electrons. The van der Waals surface area contributed by atoms with Gasteiger partial charge in [0.15, 0.2) is 0 Å². The lowest BCUT2D eigenvalue weighted by molar-refractivity contribution is -0.138. The van der Waals surface area contributed by atoms with Gasteiger partial charge in [0.1, 0.15) is 5.75 Å². The van der Waals surface area contributed by atoms with Crippen molar-refractivity contribution >= 4 is 11.6 Å². The maximum Gasteiger partial charge on any atom is 0.416 e. The number of hydrogen-bond donors (Lipinski definition) is 0. The third-order valence-corrected chi connectivity index (χ3v) is 5.84. The Labute approximate surface area is 188 Å². The smallest absolute Gasteiger partial charge is 0.416 e. The molecule has 32 heavy (non-hydrogen) atoms. The first-order valence-electron chi connectivity index (χ1n) is 11.0. The second kappa shape index (κ2) is 10.4. The van der Waals surface area contributed by atoms with Crippen LogP contribution >= 0.6 is 0 Å². The number of methoxy groups -OCH3 is 1. The van der Waals surface area contributed by atoms with E-state index in [9.17, 15) is 18.0 Å². The van der Waals surface area contributed by atoms with Gasteiger partial charge in [0.05, 0.1) is 12.7 Å². The molecule has 3 rings (SSSR count). The van der Waals surface area contributed by atoms with Crippen LogP contribution in [-0.2, 0) is 17.5 Å². The number of carbonyl (C=O) groups is 1. The average Bonchev–Trinajstić information content (AvgIpc) is 2.75. The molecule has 1 amide bonds. The maximum atomic E-state index is 13.3. The third kappa shape index (κ3) is 6.03. The van der Waals surface area contributed by atoms with Gasteiger partial charge in [-0.3, -0.25) is 9.69 Å². The Balaban J connectivity index is 1.72. The van der Waals surface area contributed by atoms with Gasteiger partial charge in [-0.05, 0) is 54.7 Å². The van der Waals surface area contributed by atoms with Gasteiger partial charge in [-0.15, -0.1) is 0 Å². The number of likely N-dealkylation sites (tertiary alicyclic amines) is 1. The number of amides is 1. The minimum absolute atomic E-state index is 0.0174. The number of anilines is 1. The first kappa shape index (κ1) is 24.1. The number of ether oxygens (including phenoxy) is 1. The molecular weight excluding hydrogens is 417 g/mol. The van der Waals surface area contributed by atoms with E-state index in [-0.39, 0.29) is 24.4 Å². The van der Waals surface area contributed by atoms with Crippen molar-refractivity contribution in [3.05, 3.63) is 59.7 Å². The van der Waals surface area contributed by atoms with Gasteiger partial charge in [-0.25, -0.2) is 0 Å². The number of halogens is 3. The highest BCUT2D eigenvalue weighted by Crippen LogP contribution is 2.33. The normalized spacial score (nSPS) is 15.7. The Bertz CT molecular complexity index is 889. The predicted octanol–water partition coefficient (Wildman–Crippen LogP) is 5.76. The number of nitrogens with zero attached hydrogens (tertiary/aromatic N) is 2. The fraction of sp³-hybridized carbons (Fsp3) is 0.480. The minimum Gasteiger partial charge on any atom is -0.497 e. The van der Waals surface area contributed by atoms with E-state index in [1.165, 1.54) is 6.07 Å². The molecule has 7 heteroatoms. The average molecular weight is 449 g/mol. The molecule has 1 saturated heterocycles. The second-order valence-corrected chi connectivity index (χ2v) is 8.72. The molecule has 0 radical (unpaired) electrons. The molecule has 2 aromatic carbocycles. The summed E-state index contributed by atoms with van der Waals surface area (Å²) >= 11 is 0. The number of rotatable bonds is 7. The topological polar surface area (TPSA) is 32.8 Å². The quantitative estimate of drug-likeness (QED) is 0.540. The summed E-state index contributed by atoms with van der Waals surface area (Å²) in [6.45, 7) is 5.57. The van der Waals surface area contributed by atoms with Crippen LogP contribution in [-0.4, -0.2) is 37.0 Å². The van der Waals surface area contributed by atoms with E-state index in [0.29, 0.717) is 37.9 Å². The van der Waals surface area contributed by atoms with E-state index in [2.05, 4.69) is 0 Å². The second-order valence-electron chi connectivity index (χ2n) is 8.72. The van der Waals surface area contributed by atoms with E-state index < -0.39 is 11.7 Å². The molecular formula is C25H31F3N2O2. The van der Waals surface area contributed by atoms with Crippen molar-refractivity contribution in [3.63, 3.8) is 0 Å². The van der Waals surface area contributed by atoms with Crippen LogP contribution in [0.1, 0.15) is 44.2 Å². The van der Waals surface area contributed by atoms with Crippen LogP contribution in [0.25, 0.3) is 0 Å². The Morgan fingerprint density at radius 2 is 1.72 bits per heavy atom. The van der Waals surface area contributed by atoms with Crippen molar-refractivity contribution < 1.29 is 22.7 Å².